The van der Waals surface area contributed by atoms with Crippen LogP contribution in [0.15, 0.2) is 48.0 Å². The highest BCUT2D eigenvalue weighted by Crippen LogP contribution is 2.45. The zero-order chi connectivity index (χ0) is 24.6. The molecule has 0 saturated carbocycles. The van der Waals surface area contributed by atoms with Crippen molar-refractivity contribution in [2.24, 2.45) is 0 Å². The number of ether oxygens (including phenoxy) is 3. The number of aliphatic hydroxyl groups excluding tert-OH is 1. The monoisotopic (exact) mass is 480 g/mol. The molecule has 2 aromatic carbocycles. The number of hydrogen-bond acceptors (Lipinski definition) is 8. The lowest BCUT2D eigenvalue weighted by atomic mass is 9.95. The van der Waals surface area contributed by atoms with Crippen LogP contribution in [-0.2, 0) is 9.59 Å². The van der Waals surface area contributed by atoms with Gasteiger partial charge in [-0.1, -0.05) is 6.07 Å². The van der Waals surface area contributed by atoms with E-state index in [0.29, 0.717) is 33.5 Å². The summed E-state index contributed by atoms with van der Waals surface area (Å²) in [6.07, 6.45) is 0. The van der Waals surface area contributed by atoms with Gasteiger partial charge < -0.3 is 19.3 Å². The van der Waals surface area contributed by atoms with Crippen LogP contribution in [0.25, 0.3) is 5.76 Å². The van der Waals surface area contributed by atoms with Gasteiger partial charge in [0.05, 0.1) is 38.6 Å². The second-order valence-electron chi connectivity index (χ2n) is 7.65. The van der Waals surface area contributed by atoms with Gasteiger partial charge >= 0.3 is 5.91 Å². The highest BCUT2D eigenvalue weighted by Gasteiger charge is 2.48. The number of aliphatic hydroxyl groups is 1. The molecule has 1 amide bonds. The molecule has 0 aliphatic carbocycles. The standard InChI is InChI=1S/C25H24N2O6S/c1-13-14(2)34-25(26-13)27-21(16-8-11-18(32-4)19(12-16)33-5)20(23(29)24(27)30)22(28)15-6-9-17(31-3)10-7-15/h6-12,21,28H,1-5H3/b22-20+/t21-/m0/s1. The third-order valence-corrected chi connectivity index (χ3v) is 6.83. The van der Waals surface area contributed by atoms with Crippen LogP contribution in [0, 0.1) is 13.8 Å². The highest BCUT2D eigenvalue weighted by molar-refractivity contribution is 7.16. The van der Waals surface area contributed by atoms with E-state index in [9.17, 15) is 14.7 Å². The summed E-state index contributed by atoms with van der Waals surface area (Å²) in [5.41, 5.74) is 1.68. The molecule has 8 nitrogen and oxygen atoms in total. The maximum Gasteiger partial charge on any atom is 0.301 e. The van der Waals surface area contributed by atoms with E-state index in [1.165, 1.54) is 37.6 Å². The fourth-order valence-electron chi connectivity index (χ4n) is 3.83. The number of amides is 1. The Bertz CT molecular complexity index is 1280. The van der Waals surface area contributed by atoms with Gasteiger partial charge in [0.15, 0.2) is 16.6 Å². The van der Waals surface area contributed by atoms with Crippen molar-refractivity contribution in [1.82, 2.24) is 4.98 Å². The molecular weight excluding hydrogens is 456 g/mol. The first-order chi connectivity index (χ1) is 16.3. The molecule has 1 aliphatic rings. The molecule has 2 heterocycles. The summed E-state index contributed by atoms with van der Waals surface area (Å²) in [4.78, 5) is 33.3. The van der Waals surface area contributed by atoms with Gasteiger partial charge in [0, 0.05) is 10.4 Å². The van der Waals surface area contributed by atoms with E-state index >= 15 is 0 Å². The molecule has 1 aromatic heterocycles. The van der Waals surface area contributed by atoms with Gasteiger partial charge in [0.2, 0.25) is 0 Å². The molecular formula is C25H24N2O6S. The third kappa shape index (κ3) is 3.88. The molecule has 1 saturated heterocycles. The Labute approximate surface area is 201 Å². The topological polar surface area (TPSA) is 98.2 Å². The second kappa shape index (κ2) is 9.18. The molecule has 1 atom stereocenters. The van der Waals surface area contributed by atoms with E-state index in [0.717, 1.165) is 10.6 Å². The number of thiazole rings is 1. The maximum atomic E-state index is 13.3. The quantitative estimate of drug-likeness (QED) is 0.317. The number of nitrogens with zero attached hydrogens (tertiary/aromatic N) is 2. The lowest BCUT2D eigenvalue weighted by Gasteiger charge is -2.23. The molecule has 0 spiro atoms. The van der Waals surface area contributed by atoms with Gasteiger partial charge in [-0.05, 0) is 55.8 Å². The van der Waals surface area contributed by atoms with E-state index in [1.807, 2.05) is 13.8 Å². The molecule has 0 radical (unpaired) electrons. The average molecular weight is 481 g/mol. The molecule has 0 unspecified atom stereocenters. The Morgan fingerprint density at radius 2 is 1.65 bits per heavy atom. The third-order valence-electron chi connectivity index (χ3n) is 5.75. The van der Waals surface area contributed by atoms with E-state index in [4.69, 9.17) is 14.2 Å². The van der Waals surface area contributed by atoms with E-state index in [2.05, 4.69) is 4.98 Å². The minimum Gasteiger partial charge on any atom is -0.507 e. The molecule has 9 heteroatoms. The van der Waals surface area contributed by atoms with Gasteiger partial charge in [-0.15, -0.1) is 11.3 Å². The molecule has 0 bridgehead atoms. The van der Waals surface area contributed by atoms with E-state index < -0.39 is 17.7 Å². The summed E-state index contributed by atoms with van der Waals surface area (Å²) in [5, 5.41) is 11.6. The number of hydrogen-bond donors (Lipinski definition) is 1. The number of rotatable bonds is 6. The summed E-state index contributed by atoms with van der Waals surface area (Å²) in [5.74, 6) is -0.307. The zero-order valence-corrected chi connectivity index (χ0v) is 20.2. The summed E-state index contributed by atoms with van der Waals surface area (Å²) in [7, 11) is 4.56. The number of Topliss-reactive ketones (excluding diaryl/α,β-unsaturated/α-hetero) is 1. The van der Waals surface area contributed by atoms with Crippen LogP contribution < -0.4 is 19.1 Å². The number of ketones is 1. The fourth-order valence-corrected chi connectivity index (χ4v) is 4.77. The van der Waals surface area contributed by atoms with Gasteiger partial charge in [0.1, 0.15) is 11.5 Å². The van der Waals surface area contributed by atoms with Crippen molar-refractivity contribution in [3.05, 3.63) is 69.7 Å². The molecule has 4 rings (SSSR count). The second-order valence-corrected chi connectivity index (χ2v) is 8.83. The molecule has 1 aliphatic heterocycles. The number of benzene rings is 2. The summed E-state index contributed by atoms with van der Waals surface area (Å²) in [6, 6.07) is 10.8. The largest absolute Gasteiger partial charge is 0.507 e. The minimum atomic E-state index is -0.910. The SMILES string of the molecule is COc1ccc(/C(O)=C2\C(=O)C(=O)N(c3nc(C)c(C)s3)[C@H]2c2ccc(OC)c(OC)c2)cc1. The van der Waals surface area contributed by atoms with Crippen LogP contribution in [0.4, 0.5) is 5.13 Å². The number of carbonyl (C=O) groups excluding carboxylic acids is 2. The van der Waals surface area contributed by atoms with Crippen molar-refractivity contribution in [2.45, 2.75) is 19.9 Å². The van der Waals surface area contributed by atoms with Crippen molar-refractivity contribution in [3.8, 4) is 17.2 Å². The Balaban J connectivity index is 1.95. The maximum absolute atomic E-state index is 13.3. The normalized spacial score (nSPS) is 17.2. The molecule has 1 N–H and O–H groups in total. The Hall–Kier alpha value is -3.85. The van der Waals surface area contributed by atoms with Gasteiger partial charge in [0.25, 0.3) is 5.78 Å². The first-order valence-corrected chi connectivity index (χ1v) is 11.2. The van der Waals surface area contributed by atoms with Crippen LogP contribution >= 0.6 is 11.3 Å². The predicted molar refractivity (Wildman–Crippen MR) is 129 cm³/mol. The van der Waals surface area contributed by atoms with Gasteiger partial charge in [-0.3, -0.25) is 14.5 Å². The van der Waals surface area contributed by atoms with E-state index in [-0.39, 0.29) is 11.3 Å². The Morgan fingerprint density at radius 1 is 0.971 bits per heavy atom. The molecule has 34 heavy (non-hydrogen) atoms. The summed E-state index contributed by atoms with van der Waals surface area (Å²) < 4.78 is 16.0. The number of methoxy groups -OCH3 is 3. The van der Waals surface area contributed by atoms with Crippen LogP contribution in [0.1, 0.15) is 27.7 Å². The molecule has 3 aromatic rings. The summed E-state index contributed by atoms with van der Waals surface area (Å²) >= 11 is 1.31. The first kappa shape index (κ1) is 23.3. The average Bonchev–Trinajstić information content (AvgIpc) is 3.32. The lowest BCUT2D eigenvalue weighted by Crippen LogP contribution is -2.29. The highest BCUT2D eigenvalue weighted by atomic mass is 32.1. The predicted octanol–water partition coefficient (Wildman–Crippen LogP) is 4.41. The van der Waals surface area contributed by atoms with Crippen LogP contribution in [0.5, 0.6) is 17.2 Å². The van der Waals surface area contributed by atoms with Crippen LogP contribution in [0.2, 0.25) is 0 Å². The molecule has 1 fully saturated rings. The van der Waals surface area contributed by atoms with Crippen molar-refractivity contribution >= 4 is 33.9 Å². The van der Waals surface area contributed by atoms with Crippen LogP contribution in [0.3, 0.4) is 0 Å². The van der Waals surface area contributed by atoms with Gasteiger partial charge in [-0.2, -0.15) is 0 Å². The minimum absolute atomic E-state index is 0.0344. The first-order valence-electron chi connectivity index (χ1n) is 10.4. The molecule has 176 valence electrons. The zero-order valence-electron chi connectivity index (χ0n) is 19.4. The lowest BCUT2D eigenvalue weighted by molar-refractivity contribution is -0.132. The van der Waals surface area contributed by atoms with Gasteiger partial charge in [-0.25, -0.2) is 4.98 Å². The number of anilines is 1. The fraction of sp³-hybridized carbons (Fsp3) is 0.240. The van der Waals surface area contributed by atoms with Crippen LogP contribution in [-0.4, -0.2) is 43.1 Å². The van der Waals surface area contributed by atoms with E-state index in [1.54, 1.807) is 42.5 Å². The van der Waals surface area contributed by atoms with Crippen molar-refractivity contribution < 1.29 is 28.9 Å². The van der Waals surface area contributed by atoms with Crippen molar-refractivity contribution in [2.75, 3.05) is 26.2 Å². The Morgan fingerprint density at radius 3 is 2.21 bits per heavy atom. The Kier molecular flexibility index (Phi) is 6.30. The smallest absolute Gasteiger partial charge is 0.301 e. The number of carbonyl (C=O) groups is 2. The number of aromatic nitrogens is 1. The van der Waals surface area contributed by atoms with Crippen molar-refractivity contribution in [3.63, 3.8) is 0 Å². The summed E-state index contributed by atoms with van der Waals surface area (Å²) in [6.45, 7) is 3.74. The van der Waals surface area contributed by atoms with Crippen molar-refractivity contribution in [1.29, 1.82) is 0 Å². The number of aryl methyl sites for hydroxylation is 2.